The summed E-state index contributed by atoms with van der Waals surface area (Å²) in [6.07, 6.45) is 2.24. The molecule has 0 unspecified atom stereocenters. The van der Waals surface area contributed by atoms with Crippen LogP contribution >= 0.6 is 12.4 Å². The standard InChI is InChI=1S/C19H28N2O4.ClH/c1-13(17(24-2)15-10-7-11-20-15)18(22)21-16(19(23)25-3)12-14-8-5-4-6-9-14;/h4-6,8-9,13,15-17,20H,7,10-12H2,1-3H3,(H,21,22);1H/t13-,15+,16+,17-;/m1./s1. The van der Waals surface area contributed by atoms with E-state index in [1.54, 1.807) is 7.11 Å². The number of nitrogens with one attached hydrogen (secondary N) is 2. The number of hydrogen-bond acceptors (Lipinski definition) is 5. The Morgan fingerprint density at radius 3 is 2.50 bits per heavy atom. The highest BCUT2D eigenvalue weighted by Crippen LogP contribution is 2.19. The SMILES string of the molecule is COC(=O)[C@H](Cc1ccccc1)NC(=O)[C@H](C)[C@@H](OC)[C@@H]1CCCN1.Cl. The summed E-state index contributed by atoms with van der Waals surface area (Å²) in [6.45, 7) is 2.78. The summed E-state index contributed by atoms with van der Waals surface area (Å²) in [6, 6.07) is 9.02. The number of amides is 1. The Balaban J connectivity index is 0.00000338. The van der Waals surface area contributed by atoms with Crippen molar-refractivity contribution in [2.75, 3.05) is 20.8 Å². The molecule has 26 heavy (non-hydrogen) atoms. The Kier molecular flexibility index (Phi) is 9.62. The molecule has 0 aromatic heterocycles. The van der Waals surface area contributed by atoms with Gasteiger partial charge in [0.2, 0.25) is 5.91 Å². The molecule has 1 amide bonds. The van der Waals surface area contributed by atoms with Gasteiger partial charge in [-0.3, -0.25) is 4.79 Å². The number of methoxy groups -OCH3 is 2. The van der Waals surface area contributed by atoms with Gasteiger partial charge >= 0.3 is 5.97 Å². The number of benzene rings is 1. The first-order chi connectivity index (χ1) is 12.1. The molecule has 1 aliphatic rings. The van der Waals surface area contributed by atoms with Gasteiger partial charge in [-0.25, -0.2) is 4.79 Å². The van der Waals surface area contributed by atoms with Crippen LogP contribution in [0.15, 0.2) is 30.3 Å². The second-order valence-corrected chi connectivity index (χ2v) is 6.47. The molecule has 1 aromatic carbocycles. The molecule has 1 heterocycles. The Hall–Kier alpha value is -1.63. The molecule has 0 saturated carbocycles. The molecule has 2 rings (SSSR count). The monoisotopic (exact) mass is 384 g/mol. The predicted molar refractivity (Wildman–Crippen MR) is 102 cm³/mol. The summed E-state index contributed by atoms with van der Waals surface area (Å²) in [5.41, 5.74) is 0.964. The fourth-order valence-electron chi connectivity index (χ4n) is 3.35. The lowest BCUT2D eigenvalue weighted by Gasteiger charge is -2.28. The van der Waals surface area contributed by atoms with Crippen molar-refractivity contribution in [3.63, 3.8) is 0 Å². The minimum atomic E-state index is -0.712. The van der Waals surface area contributed by atoms with Crippen LogP contribution in [0.4, 0.5) is 0 Å². The second-order valence-electron chi connectivity index (χ2n) is 6.47. The van der Waals surface area contributed by atoms with Gasteiger partial charge in [0.05, 0.1) is 19.1 Å². The number of carbonyl (C=O) groups is 2. The molecule has 1 aliphatic heterocycles. The average molecular weight is 385 g/mol. The van der Waals surface area contributed by atoms with Crippen LogP contribution in [0.5, 0.6) is 0 Å². The number of esters is 1. The van der Waals surface area contributed by atoms with Gasteiger partial charge in [-0.05, 0) is 24.9 Å². The molecule has 146 valence electrons. The van der Waals surface area contributed by atoms with Crippen molar-refractivity contribution in [1.82, 2.24) is 10.6 Å². The molecule has 2 N–H and O–H groups in total. The van der Waals surface area contributed by atoms with Crippen LogP contribution in [0.2, 0.25) is 0 Å². The molecular formula is C19H29ClN2O4. The van der Waals surface area contributed by atoms with Gasteiger partial charge in [-0.1, -0.05) is 37.3 Å². The molecule has 1 saturated heterocycles. The number of rotatable bonds is 8. The molecule has 1 aromatic rings. The molecule has 0 bridgehead atoms. The first-order valence-electron chi connectivity index (χ1n) is 8.75. The molecule has 0 aliphatic carbocycles. The third-order valence-electron chi connectivity index (χ3n) is 4.76. The van der Waals surface area contributed by atoms with Gasteiger partial charge in [0.15, 0.2) is 0 Å². The predicted octanol–water partition coefficient (Wildman–Crippen LogP) is 1.71. The largest absolute Gasteiger partial charge is 0.467 e. The average Bonchev–Trinajstić information content (AvgIpc) is 3.16. The Bertz CT molecular complexity index is 564. The maximum atomic E-state index is 12.7. The minimum Gasteiger partial charge on any atom is -0.467 e. The number of carbonyl (C=O) groups excluding carboxylic acids is 2. The zero-order chi connectivity index (χ0) is 18.2. The van der Waals surface area contributed by atoms with Crippen molar-refractivity contribution in [1.29, 1.82) is 0 Å². The van der Waals surface area contributed by atoms with Crippen molar-refractivity contribution in [3.8, 4) is 0 Å². The highest BCUT2D eigenvalue weighted by molar-refractivity contribution is 5.86. The van der Waals surface area contributed by atoms with Crippen molar-refractivity contribution in [3.05, 3.63) is 35.9 Å². The maximum absolute atomic E-state index is 12.7. The van der Waals surface area contributed by atoms with Crippen LogP contribution in [0.25, 0.3) is 0 Å². The molecule has 4 atom stereocenters. The Morgan fingerprint density at radius 2 is 1.96 bits per heavy atom. The van der Waals surface area contributed by atoms with Gasteiger partial charge in [0.1, 0.15) is 6.04 Å². The van der Waals surface area contributed by atoms with Crippen molar-refractivity contribution < 1.29 is 19.1 Å². The lowest BCUT2D eigenvalue weighted by molar-refractivity contribution is -0.146. The van der Waals surface area contributed by atoms with Crippen molar-refractivity contribution >= 4 is 24.3 Å². The summed E-state index contributed by atoms with van der Waals surface area (Å²) in [5, 5.41) is 6.21. The topological polar surface area (TPSA) is 76.7 Å². The summed E-state index contributed by atoms with van der Waals surface area (Å²) >= 11 is 0. The van der Waals surface area contributed by atoms with Crippen LogP contribution in [-0.4, -0.2) is 50.8 Å². The van der Waals surface area contributed by atoms with Crippen LogP contribution in [0.3, 0.4) is 0 Å². The van der Waals surface area contributed by atoms with Crippen molar-refractivity contribution in [2.24, 2.45) is 5.92 Å². The zero-order valence-corrected chi connectivity index (χ0v) is 16.4. The summed E-state index contributed by atoms with van der Waals surface area (Å²) in [5.74, 6) is -1.02. The van der Waals surface area contributed by atoms with E-state index in [0.29, 0.717) is 6.42 Å². The first-order valence-corrected chi connectivity index (χ1v) is 8.75. The fraction of sp³-hybridized carbons (Fsp3) is 0.579. The van der Waals surface area contributed by atoms with E-state index in [1.807, 2.05) is 37.3 Å². The summed E-state index contributed by atoms with van der Waals surface area (Å²) in [7, 11) is 2.95. The van der Waals surface area contributed by atoms with Crippen molar-refractivity contribution in [2.45, 2.75) is 44.4 Å². The van der Waals surface area contributed by atoms with Gasteiger partial charge in [-0.15, -0.1) is 12.4 Å². The fourth-order valence-corrected chi connectivity index (χ4v) is 3.35. The van der Waals surface area contributed by atoms with E-state index >= 15 is 0 Å². The van der Waals surface area contributed by atoms with E-state index in [-0.39, 0.29) is 36.4 Å². The minimum absolute atomic E-state index is 0. The van der Waals surface area contributed by atoms with Gasteiger partial charge in [0, 0.05) is 19.6 Å². The zero-order valence-electron chi connectivity index (χ0n) is 15.6. The third-order valence-corrected chi connectivity index (χ3v) is 4.76. The van der Waals surface area contributed by atoms with E-state index in [9.17, 15) is 9.59 Å². The van der Waals surface area contributed by atoms with Crippen LogP contribution in [-0.2, 0) is 25.5 Å². The molecule has 6 nitrogen and oxygen atoms in total. The van der Waals surface area contributed by atoms with Gasteiger partial charge in [0.25, 0.3) is 0 Å². The van der Waals surface area contributed by atoms with E-state index < -0.39 is 12.0 Å². The van der Waals surface area contributed by atoms with E-state index in [1.165, 1.54) is 7.11 Å². The Labute approximate surface area is 161 Å². The molecular weight excluding hydrogens is 356 g/mol. The molecule has 7 heteroatoms. The van der Waals surface area contributed by atoms with E-state index in [0.717, 1.165) is 24.9 Å². The number of halogens is 1. The Morgan fingerprint density at radius 1 is 1.27 bits per heavy atom. The molecule has 0 spiro atoms. The maximum Gasteiger partial charge on any atom is 0.328 e. The van der Waals surface area contributed by atoms with Gasteiger partial charge < -0.3 is 20.1 Å². The third kappa shape index (κ3) is 5.97. The first kappa shape index (κ1) is 22.4. The number of ether oxygens (including phenoxy) is 2. The van der Waals surface area contributed by atoms with Crippen LogP contribution < -0.4 is 10.6 Å². The summed E-state index contributed by atoms with van der Waals surface area (Å²) < 4.78 is 10.4. The highest BCUT2D eigenvalue weighted by atomic mass is 35.5. The molecule has 0 radical (unpaired) electrons. The smallest absolute Gasteiger partial charge is 0.328 e. The van der Waals surface area contributed by atoms with Gasteiger partial charge in [-0.2, -0.15) is 0 Å². The number of hydrogen-bond donors (Lipinski definition) is 2. The lowest BCUT2D eigenvalue weighted by Crippen LogP contribution is -2.50. The van der Waals surface area contributed by atoms with E-state index in [2.05, 4.69) is 10.6 Å². The van der Waals surface area contributed by atoms with E-state index in [4.69, 9.17) is 9.47 Å². The molecule has 1 fully saturated rings. The van der Waals surface area contributed by atoms with Crippen LogP contribution in [0.1, 0.15) is 25.3 Å². The van der Waals surface area contributed by atoms with Crippen LogP contribution in [0, 0.1) is 5.92 Å². The second kappa shape index (κ2) is 11.2. The highest BCUT2D eigenvalue weighted by Gasteiger charge is 2.34. The normalized spacial score (nSPS) is 19.7. The quantitative estimate of drug-likeness (QED) is 0.667. The summed E-state index contributed by atoms with van der Waals surface area (Å²) in [4.78, 5) is 24.8. The lowest BCUT2D eigenvalue weighted by atomic mass is 9.95.